The molecule has 7 rings (SSSR count). The van der Waals surface area contributed by atoms with E-state index in [1.807, 2.05) is 67.7 Å². The largest absolute Gasteiger partial charge is 0.373 e. The van der Waals surface area contributed by atoms with Crippen LogP contribution in [0.15, 0.2) is 77.9 Å². The van der Waals surface area contributed by atoms with E-state index >= 15 is 0 Å². The zero-order chi connectivity index (χ0) is 35.5. The van der Waals surface area contributed by atoms with Gasteiger partial charge in [-0.2, -0.15) is 0 Å². The number of pyridine rings is 2. The molecule has 11 nitrogen and oxygen atoms in total. The van der Waals surface area contributed by atoms with Crippen LogP contribution in [0, 0.1) is 0 Å². The third kappa shape index (κ3) is 7.48. The zero-order valence-corrected chi connectivity index (χ0v) is 29.6. The number of fused-ring (bicyclic) bond motifs is 1. The maximum absolute atomic E-state index is 13.3. The fourth-order valence-electron chi connectivity index (χ4n) is 6.72. The highest BCUT2D eigenvalue weighted by Crippen LogP contribution is 2.42. The summed E-state index contributed by atoms with van der Waals surface area (Å²) in [5.41, 5.74) is 6.50. The molecule has 0 saturated carbocycles. The molecule has 2 saturated heterocycles. The Morgan fingerprint density at radius 1 is 0.784 bits per heavy atom. The smallest absolute Gasteiger partial charge is 0.262 e. The van der Waals surface area contributed by atoms with Crippen LogP contribution in [-0.2, 0) is 22.7 Å². The van der Waals surface area contributed by atoms with Crippen molar-refractivity contribution in [3.8, 4) is 33.5 Å². The summed E-state index contributed by atoms with van der Waals surface area (Å²) in [6.45, 7) is 2.25. The number of aromatic nitrogens is 3. The van der Waals surface area contributed by atoms with Gasteiger partial charge in [-0.1, -0.05) is 65.7 Å². The Hall–Kier alpha value is -4.81. The van der Waals surface area contributed by atoms with Crippen molar-refractivity contribution >= 4 is 46.5 Å². The lowest BCUT2D eigenvalue weighted by Gasteiger charge is -2.16. The van der Waals surface area contributed by atoms with Crippen molar-refractivity contribution in [2.75, 3.05) is 25.5 Å². The first-order valence-corrected chi connectivity index (χ1v) is 17.8. The molecule has 2 amide bonds. The lowest BCUT2D eigenvalue weighted by molar-refractivity contribution is -0.120. The quantitative estimate of drug-likeness (QED) is 0.119. The molecule has 0 aliphatic carbocycles. The Morgan fingerprint density at radius 3 is 2.02 bits per heavy atom. The Morgan fingerprint density at radius 2 is 1.39 bits per heavy atom. The Balaban J connectivity index is 1.10. The number of hydrogen-bond acceptors (Lipinski definition) is 8. The number of benzene rings is 2. The Labute approximate surface area is 305 Å². The number of nitrogens with one attached hydrogen (secondary N) is 5. The number of hydrogen-bond donors (Lipinski definition) is 5. The molecule has 2 aliphatic heterocycles. The van der Waals surface area contributed by atoms with E-state index in [0.717, 1.165) is 57.7 Å². The topological polar surface area (TPSA) is 142 Å². The molecule has 0 unspecified atom stereocenters. The van der Waals surface area contributed by atoms with E-state index in [-0.39, 0.29) is 29.5 Å². The average Bonchev–Trinajstić information content (AvgIpc) is 3.76. The highest BCUT2D eigenvalue weighted by atomic mass is 35.5. The van der Waals surface area contributed by atoms with Crippen LogP contribution in [0.2, 0.25) is 10.0 Å². The summed E-state index contributed by atoms with van der Waals surface area (Å²) in [6, 6.07) is 19.5. The first-order valence-electron chi connectivity index (χ1n) is 17.1. The molecule has 5 heterocycles. The second-order valence-electron chi connectivity index (χ2n) is 12.9. The molecule has 2 aromatic carbocycles. The van der Waals surface area contributed by atoms with Crippen molar-refractivity contribution in [1.82, 2.24) is 35.6 Å². The molecule has 2 fully saturated rings. The van der Waals surface area contributed by atoms with Gasteiger partial charge in [-0.05, 0) is 36.6 Å². The highest BCUT2D eigenvalue weighted by Gasteiger charge is 2.22. The number of carbonyl (C=O) groups is 2. The number of amides is 2. The SMILES string of the molecule is CNc1nc(-c2cccc(-c3cccc(-c4ccn5c(=O)c(CNC[C@H]6CCC(=O)N6)cnc5c4)c3Cl)c2Cl)ccc1CNC[C@@H]1CCC(=O)N1. The molecule has 0 radical (unpaired) electrons. The van der Waals surface area contributed by atoms with Gasteiger partial charge in [-0.15, -0.1) is 0 Å². The monoisotopic (exact) mass is 724 g/mol. The minimum absolute atomic E-state index is 0.0628. The Kier molecular flexibility index (Phi) is 10.3. The summed E-state index contributed by atoms with van der Waals surface area (Å²) in [6.07, 6.45) is 6.06. The normalized spacial score (nSPS) is 17.2. The zero-order valence-electron chi connectivity index (χ0n) is 28.1. The number of carbonyl (C=O) groups excluding carboxylic acids is 2. The molecule has 13 heteroatoms. The third-order valence-electron chi connectivity index (χ3n) is 9.45. The van der Waals surface area contributed by atoms with Crippen molar-refractivity contribution in [3.05, 3.63) is 105 Å². The number of halogens is 2. The summed E-state index contributed by atoms with van der Waals surface area (Å²) in [4.78, 5) is 45.7. The summed E-state index contributed by atoms with van der Waals surface area (Å²) >= 11 is 14.2. The molecule has 0 bridgehead atoms. The van der Waals surface area contributed by atoms with Gasteiger partial charge in [-0.25, -0.2) is 9.97 Å². The van der Waals surface area contributed by atoms with Gasteiger partial charge in [0.05, 0.1) is 15.7 Å². The first-order chi connectivity index (χ1) is 24.8. The van der Waals surface area contributed by atoms with E-state index < -0.39 is 0 Å². The van der Waals surface area contributed by atoms with Gasteiger partial charge >= 0.3 is 0 Å². The van der Waals surface area contributed by atoms with Crippen LogP contribution in [0.1, 0.15) is 36.8 Å². The predicted molar refractivity (Wildman–Crippen MR) is 201 cm³/mol. The van der Waals surface area contributed by atoms with Crippen LogP contribution in [0.25, 0.3) is 39.2 Å². The maximum atomic E-state index is 13.3. The second kappa shape index (κ2) is 15.2. The average molecular weight is 726 g/mol. The minimum atomic E-state index is -0.156. The molecule has 2 aliphatic rings. The minimum Gasteiger partial charge on any atom is -0.373 e. The molecule has 5 N–H and O–H groups in total. The van der Waals surface area contributed by atoms with Gasteiger partial charge in [0.2, 0.25) is 11.8 Å². The van der Waals surface area contributed by atoms with Gasteiger partial charge in [0.15, 0.2) is 0 Å². The lowest BCUT2D eigenvalue weighted by Crippen LogP contribution is -2.36. The van der Waals surface area contributed by atoms with Crippen LogP contribution in [0.3, 0.4) is 0 Å². The van der Waals surface area contributed by atoms with Crippen LogP contribution in [0.5, 0.6) is 0 Å². The van der Waals surface area contributed by atoms with Gasteiger partial charge in [0, 0.05) is 104 Å². The fourth-order valence-corrected chi connectivity index (χ4v) is 7.38. The third-order valence-corrected chi connectivity index (χ3v) is 10.3. The van der Waals surface area contributed by atoms with Crippen molar-refractivity contribution in [1.29, 1.82) is 0 Å². The summed E-state index contributed by atoms with van der Waals surface area (Å²) in [7, 11) is 1.84. The van der Waals surface area contributed by atoms with Crippen LogP contribution < -0.4 is 32.1 Å². The number of rotatable bonds is 12. The molecule has 2 atom stereocenters. The molecule has 51 heavy (non-hydrogen) atoms. The molecular formula is C38H38Cl2N8O3. The number of anilines is 1. The number of nitrogens with zero attached hydrogens (tertiary/aromatic N) is 3. The van der Waals surface area contributed by atoms with E-state index in [1.165, 1.54) is 4.40 Å². The van der Waals surface area contributed by atoms with E-state index in [2.05, 4.69) is 31.6 Å². The van der Waals surface area contributed by atoms with Crippen molar-refractivity contribution in [2.24, 2.45) is 0 Å². The standard InChI is InChI=1S/C38H38Cl2N8O3/c1-41-37-23(17-42-20-25-9-12-33(49)45-25)8-11-31(47-37)30-7-3-6-29(36(30)40)28-5-2-4-27(35(28)39)22-14-15-48-32(16-22)44-19-24(38(48)51)18-43-21-26-10-13-34(50)46-26/h2-8,11,14-16,19,25-26,42-43H,9-10,12-13,17-18,20-21H2,1H3,(H,41,47)(H,45,49)(H,46,50)/t25-,26+/m0/s1. The van der Waals surface area contributed by atoms with E-state index in [1.54, 1.807) is 12.4 Å². The lowest BCUT2D eigenvalue weighted by atomic mass is 9.97. The molecule has 3 aromatic heterocycles. The van der Waals surface area contributed by atoms with Gasteiger partial charge in [0.25, 0.3) is 5.56 Å². The van der Waals surface area contributed by atoms with Gasteiger partial charge in [-0.3, -0.25) is 18.8 Å². The van der Waals surface area contributed by atoms with Crippen molar-refractivity contribution in [3.63, 3.8) is 0 Å². The van der Waals surface area contributed by atoms with Crippen molar-refractivity contribution in [2.45, 2.75) is 50.9 Å². The molecule has 262 valence electrons. The first kappa shape index (κ1) is 34.6. The fraction of sp³-hybridized carbons (Fsp3) is 0.289. The molecule has 5 aromatic rings. The van der Waals surface area contributed by atoms with Crippen molar-refractivity contribution < 1.29 is 9.59 Å². The highest BCUT2D eigenvalue weighted by molar-refractivity contribution is 6.39. The van der Waals surface area contributed by atoms with Gasteiger partial charge < -0.3 is 26.6 Å². The van der Waals surface area contributed by atoms with Crippen LogP contribution in [0.4, 0.5) is 5.82 Å². The van der Waals surface area contributed by atoms with Crippen LogP contribution in [-0.4, -0.2) is 58.4 Å². The van der Waals surface area contributed by atoms with Gasteiger partial charge in [0.1, 0.15) is 11.5 Å². The molecular weight excluding hydrogens is 687 g/mol. The molecule has 0 spiro atoms. The summed E-state index contributed by atoms with van der Waals surface area (Å²) in [5, 5.41) is 16.8. The Bertz CT molecular complexity index is 2190. The predicted octanol–water partition coefficient (Wildman–Crippen LogP) is 5.18. The second-order valence-corrected chi connectivity index (χ2v) is 13.6. The van der Waals surface area contributed by atoms with E-state index in [0.29, 0.717) is 60.3 Å². The summed E-state index contributed by atoms with van der Waals surface area (Å²) in [5.74, 6) is 0.906. The van der Waals surface area contributed by atoms with E-state index in [4.69, 9.17) is 28.2 Å². The maximum Gasteiger partial charge on any atom is 0.262 e. The van der Waals surface area contributed by atoms with Crippen LogP contribution >= 0.6 is 23.2 Å². The summed E-state index contributed by atoms with van der Waals surface area (Å²) < 4.78 is 1.53. The van der Waals surface area contributed by atoms with E-state index in [9.17, 15) is 14.4 Å².